The van der Waals surface area contributed by atoms with Gasteiger partial charge in [-0.05, 0) is 26.0 Å². The number of carboxylic acids is 1. The van der Waals surface area contributed by atoms with Gasteiger partial charge in [0.15, 0.2) is 0 Å². The minimum atomic E-state index is -1.24. The van der Waals surface area contributed by atoms with Crippen LogP contribution < -0.4 is 16.4 Å². The third-order valence-corrected chi connectivity index (χ3v) is 2.93. The molecule has 0 saturated heterocycles. The van der Waals surface area contributed by atoms with Gasteiger partial charge < -0.3 is 21.5 Å². The highest BCUT2D eigenvalue weighted by Crippen LogP contribution is 2.24. The highest BCUT2D eigenvalue weighted by atomic mass is 19.1. The number of carboxylic acid groups (broad SMARTS) is 1. The predicted molar refractivity (Wildman–Crippen MR) is 74.1 cm³/mol. The number of amides is 1. The fourth-order valence-electron chi connectivity index (χ4n) is 1.64. The molecule has 0 aliphatic heterocycles. The van der Waals surface area contributed by atoms with Crippen molar-refractivity contribution in [2.75, 3.05) is 24.6 Å². The normalized spacial score (nSPS) is 11.0. The van der Waals surface area contributed by atoms with Crippen LogP contribution in [0.1, 0.15) is 24.2 Å². The number of benzene rings is 1. The second-order valence-electron chi connectivity index (χ2n) is 5.04. The molecule has 1 aromatic rings. The minimum Gasteiger partial charge on any atom is -0.478 e. The van der Waals surface area contributed by atoms with E-state index in [-0.39, 0.29) is 29.4 Å². The van der Waals surface area contributed by atoms with Crippen molar-refractivity contribution in [3.63, 3.8) is 0 Å². The maximum atomic E-state index is 13.7. The van der Waals surface area contributed by atoms with Gasteiger partial charge in [-0.2, -0.15) is 0 Å². The van der Waals surface area contributed by atoms with E-state index in [0.29, 0.717) is 0 Å². The maximum Gasteiger partial charge on any atom is 0.337 e. The monoisotopic (exact) mass is 283 g/mol. The molecule has 0 spiro atoms. The Bertz CT molecular complexity index is 544. The molecule has 0 atom stereocenters. The number of anilines is 2. The van der Waals surface area contributed by atoms with Gasteiger partial charge in [-0.3, -0.25) is 4.79 Å². The van der Waals surface area contributed by atoms with Gasteiger partial charge in [0.2, 0.25) is 5.91 Å². The first kappa shape index (κ1) is 15.7. The molecule has 20 heavy (non-hydrogen) atoms. The molecular weight excluding hydrogens is 265 g/mol. The molecule has 6 nitrogen and oxygen atoms in total. The van der Waals surface area contributed by atoms with Crippen LogP contribution in [0.3, 0.4) is 0 Å². The van der Waals surface area contributed by atoms with Gasteiger partial charge in [0.1, 0.15) is 5.82 Å². The van der Waals surface area contributed by atoms with Crippen molar-refractivity contribution in [3.8, 4) is 0 Å². The maximum absolute atomic E-state index is 13.7. The van der Waals surface area contributed by atoms with E-state index in [1.807, 2.05) is 0 Å². The van der Waals surface area contributed by atoms with Crippen molar-refractivity contribution in [1.82, 2.24) is 5.32 Å². The van der Waals surface area contributed by atoms with E-state index < -0.39 is 17.2 Å². The first-order chi connectivity index (χ1) is 9.19. The van der Waals surface area contributed by atoms with Crippen molar-refractivity contribution in [1.29, 1.82) is 0 Å². The van der Waals surface area contributed by atoms with Crippen LogP contribution in [-0.4, -0.2) is 30.6 Å². The van der Waals surface area contributed by atoms with Crippen molar-refractivity contribution >= 4 is 23.3 Å². The predicted octanol–water partition coefficient (Wildman–Crippen LogP) is 1.29. The quantitative estimate of drug-likeness (QED) is 0.609. The molecule has 1 rings (SSSR count). The summed E-state index contributed by atoms with van der Waals surface area (Å²) >= 11 is 0. The number of nitrogens with one attached hydrogen (secondary N) is 2. The van der Waals surface area contributed by atoms with Crippen LogP contribution in [-0.2, 0) is 4.79 Å². The van der Waals surface area contributed by atoms with Gasteiger partial charge in [0.05, 0.1) is 16.7 Å². The number of hydrogen-bond acceptors (Lipinski definition) is 4. The fourth-order valence-corrected chi connectivity index (χ4v) is 1.64. The van der Waals surface area contributed by atoms with Gasteiger partial charge in [-0.15, -0.1) is 0 Å². The number of halogens is 1. The number of hydrogen-bond donors (Lipinski definition) is 4. The lowest BCUT2D eigenvalue weighted by Gasteiger charge is -2.23. The highest BCUT2D eigenvalue weighted by Gasteiger charge is 2.26. The van der Waals surface area contributed by atoms with Crippen LogP contribution in [0.15, 0.2) is 12.1 Å². The van der Waals surface area contributed by atoms with Crippen LogP contribution >= 0.6 is 0 Å². The molecule has 0 aromatic heterocycles. The van der Waals surface area contributed by atoms with Gasteiger partial charge in [0, 0.05) is 19.3 Å². The summed E-state index contributed by atoms with van der Waals surface area (Å²) in [7, 11) is 1.51. The van der Waals surface area contributed by atoms with Crippen LogP contribution in [0.5, 0.6) is 0 Å². The number of carbonyl (C=O) groups is 2. The molecule has 0 saturated carbocycles. The third-order valence-electron chi connectivity index (χ3n) is 2.93. The Balaban J connectivity index is 2.96. The van der Waals surface area contributed by atoms with Crippen LogP contribution in [0.25, 0.3) is 0 Å². The second kappa shape index (κ2) is 5.77. The van der Waals surface area contributed by atoms with E-state index in [4.69, 9.17) is 10.8 Å². The molecule has 5 N–H and O–H groups in total. The van der Waals surface area contributed by atoms with Crippen LogP contribution in [0.2, 0.25) is 0 Å². The summed E-state index contributed by atoms with van der Waals surface area (Å²) in [5.41, 5.74) is 4.32. The molecular formula is C13H18FN3O3. The van der Waals surface area contributed by atoms with Crippen molar-refractivity contribution in [2.24, 2.45) is 5.41 Å². The molecule has 0 fully saturated rings. The lowest BCUT2D eigenvalue weighted by atomic mass is 9.92. The lowest BCUT2D eigenvalue weighted by molar-refractivity contribution is -0.128. The number of rotatable bonds is 5. The minimum absolute atomic E-state index is 0.00595. The summed E-state index contributed by atoms with van der Waals surface area (Å²) in [4.78, 5) is 22.6. The first-order valence-electron chi connectivity index (χ1n) is 5.97. The van der Waals surface area contributed by atoms with Gasteiger partial charge >= 0.3 is 5.97 Å². The molecule has 0 aliphatic carbocycles. The molecule has 0 aliphatic rings. The average molecular weight is 283 g/mol. The van der Waals surface area contributed by atoms with E-state index in [2.05, 4.69) is 10.6 Å². The molecule has 1 amide bonds. The average Bonchev–Trinajstić information content (AvgIpc) is 2.36. The lowest BCUT2D eigenvalue weighted by Crippen LogP contribution is -2.39. The Kier molecular flexibility index (Phi) is 4.54. The van der Waals surface area contributed by atoms with E-state index >= 15 is 0 Å². The van der Waals surface area contributed by atoms with Crippen LogP contribution in [0, 0.1) is 11.2 Å². The van der Waals surface area contributed by atoms with Gasteiger partial charge in [-0.25, -0.2) is 9.18 Å². The SMILES string of the molecule is CNC(=O)C(C)(C)CNc1cc(C(=O)O)c(N)cc1F. The molecule has 1 aromatic carbocycles. The van der Waals surface area contributed by atoms with Gasteiger partial charge in [-0.1, -0.05) is 0 Å². The van der Waals surface area contributed by atoms with Gasteiger partial charge in [0.25, 0.3) is 0 Å². The number of nitrogens with two attached hydrogens (primary N) is 1. The van der Waals surface area contributed by atoms with E-state index in [9.17, 15) is 14.0 Å². The highest BCUT2D eigenvalue weighted by molar-refractivity contribution is 5.95. The fraction of sp³-hybridized carbons (Fsp3) is 0.385. The van der Waals surface area contributed by atoms with Crippen molar-refractivity contribution in [2.45, 2.75) is 13.8 Å². The Morgan fingerprint density at radius 3 is 2.50 bits per heavy atom. The smallest absolute Gasteiger partial charge is 0.337 e. The van der Waals surface area contributed by atoms with Crippen LogP contribution in [0.4, 0.5) is 15.8 Å². The molecule has 0 bridgehead atoms. The zero-order valence-electron chi connectivity index (χ0n) is 11.6. The summed E-state index contributed by atoms with van der Waals surface area (Å²) in [5.74, 6) is -2.12. The summed E-state index contributed by atoms with van der Waals surface area (Å²) in [6.07, 6.45) is 0. The molecule has 0 heterocycles. The second-order valence-corrected chi connectivity index (χ2v) is 5.04. The largest absolute Gasteiger partial charge is 0.478 e. The topological polar surface area (TPSA) is 104 Å². The zero-order valence-corrected chi connectivity index (χ0v) is 11.6. The Labute approximate surface area is 116 Å². The number of carbonyl (C=O) groups excluding carboxylic acids is 1. The first-order valence-corrected chi connectivity index (χ1v) is 5.97. The van der Waals surface area contributed by atoms with E-state index in [1.54, 1.807) is 13.8 Å². The van der Waals surface area contributed by atoms with E-state index in [0.717, 1.165) is 12.1 Å². The molecule has 0 unspecified atom stereocenters. The zero-order chi connectivity index (χ0) is 15.5. The summed E-state index contributed by atoms with van der Waals surface area (Å²) < 4.78 is 13.7. The molecule has 0 radical (unpaired) electrons. The van der Waals surface area contributed by atoms with Crippen molar-refractivity contribution < 1.29 is 19.1 Å². The van der Waals surface area contributed by atoms with E-state index in [1.165, 1.54) is 7.05 Å². The number of nitrogen functional groups attached to an aromatic ring is 1. The van der Waals surface area contributed by atoms with Crippen molar-refractivity contribution in [3.05, 3.63) is 23.5 Å². The Morgan fingerprint density at radius 1 is 1.40 bits per heavy atom. The Morgan fingerprint density at radius 2 is 2.00 bits per heavy atom. The summed E-state index contributed by atoms with van der Waals surface area (Å²) in [6, 6.07) is 2.06. The summed E-state index contributed by atoms with van der Waals surface area (Å²) in [6.45, 7) is 3.52. The Hall–Kier alpha value is -2.31. The third kappa shape index (κ3) is 3.37. The number of aromatic carboxylic acids is 1. The molecule has 7 heteroatoms. The molecule has 110 valence electrons. The summed E-state index contributed by atoms with van der Waals surface area (Å²) in [5, 5.41) is 14.2. The standard InChI is InChI=1S/C13H18FN3O3/c1-13(2,12(20)16-3)6-17-10-4-7(11(18)19)9(15)5-8(10)14/h4-5,17H,6,15H2,1-3H3,(H,16,20)(H,18,19).